The van der Waals surface area contributed by atoms with E-state index in [1.54, 1.807) is 0 Å². The van der Waals surface area contributed by atoms with E-state index < -0.39 is 0 Å². The minimum Gasteiger partial charge on any atom is -0.342 e. The molecule has 0 bridgehead atoms. The number of likely N-dealkylation sites (tertiary alicyclic amines) is 1. The molecule has 6 nitrogen and oxygen atoms in total. The first kappa shape index (κ1) is 18.4. The number of carbonyl (C=O) groups is 1. The van der Waals surface area contributed by atoms with Crippen molar-refractivity contribution in [1.82, 2.24) is 24.5 Å². The molecule has 0 radical (unpaired) electrons. The molecule has 148 valence electrons. The number of hydrogen-bond acceptors (Lipinski definition) is 6. The van der Waals surface area contributed by atoms with Crippen LogP contribution in [0.5, 0.6) is 0 Å². The Morgan fingerprint density at radius 2 is 1.89 bits per heavy atom. The standard InChI is InChI=1S/C20H25N5OS2/c1-12(19(26)24-10-6-3-7-11-24)27-20-23-22-17-16-14-8-4-5-9-15(14)28-18(16)21-13(2)25(17)20/h12H,3-11H2,1-2H3/t12-/m0/s1. The van der Waals surface area contributed by atoms with Crippen LogP contribution in [0.4, 0.5) is 0 Å². The van der Waals surface area contributed by atoms with Gasteiger partial charge < -0.3 is 4.90 Å². The summed E-state index contributed by atoms with van der Waals surface area (Å²) in [4.78, 5) is 22.3. The second-order valence-electron chi connectivity index (χ2n) is 7.84. The summed E-state index contributed by atoms with van der Waals surface area (Å²) < 4.78 is 2.05. The summed E-state index contributed by atoms with van der Waals surface area (Å²) in [7, 11) is 0. The predicted molar refractivity (Wildman–Crippen MR) is 113 cm³/mol. The number of amides is 1. The van der Waals surface area contributed by atoms with E-state index in [1.165, 1.54) is 46.9 Å². The Morgan fingerprint density at radius 1 is 1.11 bits per heavy atom. The van der Waals surface area contributed by atoms with Gasteiger partial charge in [0.25, 0.3) is 0 Å². The number of fused-ring (bicyclic) bond motifs is 5. The zero-order chi connectivity index (χ0) is 19.3. The maximum absolute atomic E-state index is 12.8. The molecule has 3 aromatic rings. The van der Waals surface area contributed by atoms with Crippen LogP contribution in [0.25, 0.3) is 15.9 Å². The van der Waals surface area contributed by atoms with E-state index in [4.69, 9.17) is 4.98 Å². The van der Waals surface area contributed by atoms with Gasteiger partial charge in [0, 0.05) is 18.0 Å². The summed E-state index contributed by atoms with van der Waals surface area (Å²) in [6.07, 6.45) is 8.21. The Kier molecular flexibility index (Phi) is 4.79. The van der Waals surface area contributed by atoms with Crippen LogP contribution in [0.3, 0.4) is 0 Å². The molecule has 0 unspecified atom stereocenters. The van der Waals surface area contributed by atoms with Crippen molar-refractivity contribution in [3.05, 3.63) is 16.3 Å². The van der Waals surface area contributed by atoms with Gasteiger partial charge in [-0.05, 0) is 64.4 Å². The van der Waals surface area contributed by atoms with Crippen LogP contribution >= 0.6 is 23.1 Å². The fourth-order valence-electron chi connectivity index (χ4n) is 4.44. The lowest BCUT2D eigenvalue weighted by Gasteiger charge is -2.28. The lowest BCUT2D eigenvalue weighted by Crippen LogP contribution is -2.40. The van der Waals surface area contributed by atoms with Gasteiger partial charge in [-0.3, -0.25) is 9.20 Å². The fourth-order valence-corrected chi connectivity index (χ4v) is 6.72. The third kappa shape index (κ3) is 3.01. The molecule has 8 heteroatoms. The molecule has 0 aromatic carbocycles. The summed E-state index contributed by atoms with van der Waals surface area (Å²) in [5.74, 6) is 1.10. The Labute approximate surface area is 172 Å². The predicted octanol–water partition coefficient (Wildman–Crippen LogP) is 4.02. The third-order valence-electron chi connectivity index (χ3n) is 5.89. The highest BCUT2D eigenvalue weighted by Crippen LogP contribution is 2.38. The van der Waals surface area contributed by atoms with Gasteiger partial charge in [0.2, 0.25) is 5.91 Å². The molecule has 3 aromatic heterocycles. The van der Waals surface area contributed by atoms with Gasteiger partial charge in [0.15, 0.2) is 10.8 Å². The Hall–Kier alpha value is -1.67. The maximum Gasteiger partial charge on any atom is 0.235 e. The van der Waals surface area contributed by atoms with Crippen LogP contribution in [0.15, 0.2) is 5.16 Å². The second kappa shape index (κ2) is 7.30. The number of nitrogens with zero attached hydrogens (tertiary/aromatic N) is 5. The highest BCUT2D eigenvalue weighted by atomic mass is 32.2. The van der Waals surface area contributed by atoms with E-state index in [2.05, 4.69) is 14.6 Å². The molecule has 5 rings (SSSR count). The van der Waals surface area contributed by atoms with Crippen molar-refractivity contribution in [2.24, 2.45) is 0 Å². The topological polar surface area (TPSA) is 63.4 Å². The van der Waals surface area contributed by atoms with Crippen molar-refractivity contribution in [3.8, 4) is 0 Å². The van der Waals surface area contributed by atoms with Crippen molar-refractivity contribution in [2.45, 2.75) is 69.2 Å². The summed E-state index contributed by atoms with van der Waals surface area (Å²) in [6, 6.07) is 0. The smallest absolute Gasteiger partial charge is 0.235 e. The Bertz CT molecular complexity index is 1050. The first-order chi connectivity index (χ1) is 13.6. The van der Waals surface area contributed by atoms with Crippen LogP contribution in [0.1, 0.15) is 55.3 Å². The molecule has 4 heterocycles. The van der Waals surface area contributed by atoms with Gasteiger partial charge in [0.1, 0.15) is 10.7 Å². The average molecular weight is 416 g/mol. The first-order valence-corrected chi connectivity index (χ1v) is 11.9. The van der Waals surface area contributed by atoms with E-state index in [-0.39, 0.29) is 11.2 Å². The average Bonchev–Trinajstić information content (AvgIpc) is 3.29. The summed E-state index contributed by atoms with van der Waals surface area (Å²) in [5, 5.41) is 10.8. The van der Waals surface area contributed by atoms with Crippen molar-refractivity contribution in [3.63, 3.8) is 0 Å². The number of carbonyl (C=O) groups excluding carboxylic acids is 1. The van der Waals surface area contributed by atoms with E-state index >= 15 is 0 Å². The summed E-state index contributed by atoms with van der Waals surface area (Å²) >= 11 is 3.32. The van der Waals surface area contributed by atoms with Gasteiger partial charge in [-0.25, -0.2) is 4.98 Å². The summed E-state index contributed by atoms with van der Waals surface area (Å²) in [5.41, 5.74) is 2.33. The number of hydrogen-bond donors (Lipinski definition) is 0. The van der Waals surface area contributed by atoms with Crippen molar-refractivity contribution in [1.29, 1.82) is 0 Å². The minimum atomic E-state index is -0.169. The molecule has 1 amide bonds. The molecule has 2 aliphatic rings. The number of thiophene rings is 1. The van der Waals surface area contributed by atoms with Crippen molar-refractivity contribution in [2.75, 3.05) is 13.1 Å². The van der Waals surface area contributed by atoms with Crippen molar-refractivity contribution >= 4 is 44.9 Å². The number of aromatic nitrogens is 4. The summed E-state index contributed by atoms with van der Waals surface area (Å²) in [6.45, 7) is 5.76. The molecule has 1 aliphatic carbocycles. The third-order valence-corrected chi connectivity index (χ3v) is 8.11. The highest BCUT2D eigenvalue weighted by molar-refractivity contribution is 8.00. The molecule has 1 fully saturated rings. The number of aryl methyl sites for hydroxylation is 3. The van der Waals surface area contributed by atoms with E-state index in [0.717, 1.165) is 60.2 Å². The molecule has 28 heavy (non-hydrogen) atoms. The van der Waals surface area contributed by atoms with Gasteiger partial charge in [0.05, 0.1) is 10.6 Å². The van der Waals surface area contributed by atoms with E-state index in [0.29, 0.717) is 0 Å². The van der Waals surface area contributed by atoms with Crippen LogP contribution in [-0.4, -0.2) is 48.7 Å². The van der Waals surface area contributed by atoms with E-state index in [9.17, 15) is 4.79 Å². The van der Waals surface area contributed by atoms with Crippen LogP contribution in [-0.2, 0) is 17.6 Å². The van der Waals surface area contributed by atoms with Gasteiger partial charge >= 0.3 is 0 Å². The number of piperidine rings is 1. The lowest BCUT2D eigenvalue weighted by atomic mass is 9.97. The fraction of sp³-hybridized carbons (Fsp3) is 0.600. The highest BCUT2D eigenvalue weighted by Gasteiger charge is 2.27. The molecular formula is C20H25N5OS2. The second-order valence-corrected chi connectivity index (χ2v) is 10.2. The molecule has 0 spiro atoms. The zero-order valence-electron chi connectivity index (χ0n) is 16.4. The molecule has 0 N–H and O–H groups in total. The quantitative estimate of drug-likeness (QED) is 0.605. The minimum absolute atomic E-state index is 0.169. The SMILES string of the molecule is Cc1nc2sc3c(c2c2nnc(S[C@@H](C)C(=O)N4CCCCC4)n12)CCCC3. The Morgan fingerprint density at radius 3 is 2.71 bits per heavy atom. The van der Waals surface area contributed by atoms with Crippen LogP contribution < -0.4 is 0 Å². The monoisotopic (exact) mass is 415 g/mol. The molecule has 0 saturated carbocycles. The molecule has 1 saturated heterocycles. The van der Waals surface area contributed by atoms with Crippen LogP contribution in [0, 0.1) is 6.92 Å². The molecular weight excluding hydrogens is 390 g/mol. The maximum atomic E-state index is 12.8. The van der Waals surface area contributed by atoms with Gasteiger partial charge in [-0.2, -0.15) is 0 Å². The largest absolute Gasteiger partial charge is 0.342 e. The first-order valence-electron chi connectivity index (χ1n) is 10.2. The van der Waals surface area contributed by atoms with Crippen LogP contribution in [0.2, 0.25) is 0 Å². The number of thioether (sulfide) groups is 1. The molecule has 1 atom stereocenters. The van der Waals surface area contributed by atoms with E-state index in [1.807, 2.05) is 30.1 Å². The van der Waals surface area contributed by atoms with Gasteiger partial charge in [-0.1, -0.05) is 11.8 Å². The van der Waals surface area contributed by atoms with Gasteiger partial charge in [-0.15, -0.1) is 21.5 Å². The zero-order valence-corrected chi connectivity index (χ0v) is 18.0. The molecule has 1 aliphatic heterocycles. The lowest BCUT2D eigenvalue weighted by molar-refractivity contribution is -0.131. The normalized spacial score (nSPS) is 18.6. The van der Waals surface area contributed by atoms with Crippen molar-refractivity contribution < 1.29 is 4.79 Å². The number of rotatable bonds is 3. The Balaban J connectivity index is 1.51.